The van der Waals surface area contributed by atoms with Crippen LogP contribution in [0.4, 0.5) is 0 Å². The Bertz CT molecular complexity index is 488. The second-order valence-electron chi connectivity index (χ2n) is 8.23. The second kappa shape index (κ2) is 5.98. The quantitative estimate of drug-likeness (QED) is 0.604. The first-order chi connectivity index (χ1) is 10.1. The molecule has 0 aliphatic heterocycles. The van der Waals surface area contributed by atoms with Crippen LogP contribution in [0.2, 0.25) is 0 Å². The minimum Gasteiger partial charge on any atom is -0.390 e. The van der Waals surface area contributed by atoms with E-state index in [1.54, 1.807) is 0 Å². The van der Waals surface area contributed by atoms with Crippen molar-refractivity contribution in [2.24, 2.45) is 22.7 Å². The summed E-state index contributed by atoms with van der Waals surface area (Å²) in [4.78, 5) is 0. The molecule has 124 valence electrons. The Morgan fingerprint density at radius 2 is 1.95 bits per heavy atom. The number of rotatable bonds is 3. The lowest BCUT2D eigenvalue weighted by Crippen LogP contribution is -2.60. The van der Waals surface area contributed by atoms with Gasteiger partial charge in [-0.2, -0.15) is 0 Å². The zero-order valence-electron chi connectivity index (χ0n) is 14.6. The number of allylic oxidation sites excluding steroid dienone is 4. The van der Waals surface area contributed by atoms with Gasteiger partial charge in [0.25, 0.3) is 0 Å². The van der Waals surface area contributed by atoms with E-state index in [0.717, 1.165) is 19.3 Å². The van der Waals surface area contributed by atoms with E-state index in [9.17, 15) is 10.2 Å². The van der Waals surface area contributed by atoms with E-state index in [4.69, 9.17) is 0 Å². The number of aliphatic hydroxyl groups excluding tert-OH is 2. The van der Waals surface area contributed by atoms with Gasteiger partial charge in [-0.15, -0.1) is 0 Å². The minimum atomic E-state index is -0.644. The summed E-state index contributed by atoms with van der Waals surface area (Å²) in [5, 5.41) is 20.9. The molecule has 0 heterocycles. The molecule has 2 aliphatic carbocycles. The van der Waals surface area contributed by atoms with Crippen LogP contribution in [-0.2, 0) is 0 Å². The third-order valence-corrected chi connectivity index (χ3v) is 6.51. The summed E-state index contributed by atoms with van der Waals surface area (Å²) in [6.07, 6.45) is 6.54. The molecule has 1 unspecified atom stereocenters. The Labute approximate surface area is 135 Å². The third-order valence-electron chi connectivity index (χ3n) is 6.51. The van der Waals surface area contributed by atoms with Crippen molar-refractivity contribution in [1.82, 2.24) is 0 Å². The lowest BCUT2D eigenvalue weighted by atomic mass is 9.46. The first-order valence-corrected chi connectivity index (χ1v) is 8.47. The molecule has 2 nitrogen and oxygen atoms in total. The molecule has 2 saturated carbocycles. The molecule has 0 aromatic heterocycles. The largest absolute Gasteiger partial charge is 0.390 e. The first kappa shape index (κ1) is 17.5. The van der Waals surface area contributed by atoms with Crippen LogP contribution < -0.4 is 0 Å². The smallest absolute Gasteiger partial charge is 0.0852 e. The van der Waals surface area contributed by atoms with Gasteiger partial charge in [-0.1, -0.05) is 57.2 Å². The molecule has 2 aliphatic rings. The van der Waals surface area contributed by atoms with Gasteiger partial charge in [0.2, 0.25) is 0 Å². The van der Waals surface area contributed by atoms with Gasteiger partial charge in [0.15, 0.2) is 0 Å². The van der Waals surface area contributed by atoms with Gasteiger partial charge in [0.05, 0.1) is 12.2 Å². The Morgan fingerprint density at radius 3 is 2.55 bits per heavy atom. The number of hydrogen-bond donors (Lipinski definition) is 2. The normalized spacial score (nSPS) is 41.9. The molecule has 2 rings (SSSR count). The van der Waals surface area contributed by atoms with Crippen LogP contribution in [0.25, 0.3) is 0 Å². The summed E-state index contributed by atoms with van der Waals surface area (Å²) < 4.78 is 0. The molecular weight excluding hydrogens is 272 g/mol. The molecule has 2 fully saturated rings. The standard InChI is InChI=1S/C20H32O2/c1-7-13(2)8-10-15-14(3)9-11-17-19(4,5)18(22)16(21)12-20(15,17)6/h7-8,15-18,21-22H,1,3,9-12H2,2,4-6H3/b13-8+/t15-,16+,17?,18-,20+/m0/s1. The van der Waals surface area contributed by atoms with E-state index >= 15 is 0 Å². The molecule has 2 N–H and O–H groups in total. The van der Waals surface area contributed by atoms with Gasteiger partial charge in [0, 0.05) is 0 Å². The van der Waals surface area contributed by atoms with E-state index in [2.05, 4.69) is 46.9 Å². The summed E-state index contributed by atoms with van der Waals surface area (Å²) in [6.45, 7) is 16.7. The molecule has 0 bridgehead atoms. The SMILES string of the molecule is C=C/C(C)=C/C[C@H]1C(=C)CCC2C(C)(C)[C@@H](O)[C@H](O)C[C@@]21C. The van der Waals surface area contributed by atoms with Crippen molar-refractivity contribution < 1.29 is 10.2 Å². The summed E-state index contributed by atoms with van der Waals surface area (Å²) in [7, 11) is 0. The molecule has 0 saturated heterocycles. The molecule has 5 atom stereocenters. The van der Waals surface area contributed by atoms with Gasteiger partial charge in [-0.25, -0.2) is 0 Å². The van der Waals surface area contributed by atoms with Crippen LogP contribution in [0.3, 0.4) is 0 Å². The Hall–Kier alpha value is -0.860. The minimum absolute atomic E-state index is 0.00453. The van der Waals surface area contributed by atoms with E-state index in [1.165, 1.54) is 11.1 Å². The molecule has 0 radical (unpaired) electrons. The van der Waals surface area contributed by atoms with Crippen LogP contribution in [-0.4, -0.2) is 22.4 Å². The Balaban J connectivity index is 2.37. The Morgan fingerprint density at radius 1 is 1.32 bits per heavy atom. The van der Waals surface area contributed by atoms with E-state index in [0.29, 0.717) is 18.3 Å². The molecule has 2 heteroatoms. The highest BCUT2D eigenvalue weighted by molar-refractivity contribution is 5.21. The highest BCUT2D eigenvalue weighted by atomic mass is 16.3. The van der Waals surface area contributed by atoms with E-state index < -0.39 is 12.2 Å². The molecule has 0 spiro atoms. The van der Waals surface area contributed by atoms with Crippen molar-refractivity contribution in [3.63, 3.8) is 0 Å². The third kappa shape index (κ3) is 2.72. The lowest BCUT2D eigenvalue weighted by molar-refractivity contribution is -0.179. The van der Waals surface area contributed by atoms with Crippen molar-refractivity contribution in [3.05, 3.63) is 36.5 Å². The van der Waals surface area contributed by atoms with Crippen molar-refractivity contribution >= 4 is 0 Å². The fourth-order valence-corrected chi connectivity index (χ4v) is 5.14. The zero-order chi connectivity index (χ0) is 16.7. The summed E-state index contributed by atoms with van der Waals surface area (Å²) in [5.74, 6) is 0.772. The Kier molecular flexibility index (Phi) is 4.75. The molecule has 22 heavy (non-hydrogen) atoms. The van der Waals surface area contributed by atoms with Gasteiger partial charge in [-0.3, -0.25) is 0 Å². The fraction of sp³-hybridized carbons (Fsp3) is 0.700. The van der Waals surface area contributed by atoms with E-state index in [1.807, 2.05) is 6.08 Å². The fourth-order valence-electron chi connectivity index (χ4n) is 5.14. The second-order valence-corrected chi connectivity index (χ2v) is 8.23. The van der Waals surface area contributed by atoms with Crippen molar-refractivity contribution in [2.75, 3.05) is 0 Å². The summed E-state index contributed by atoms with van der Waals surface area (Å²) >= 11 is 0. The average Bonchev–Trinajstić information content (AvgIpc) is 2.43. The first-order valence-electron chi connectivity index (χ1n) is 8.47. The molecule has 0 amide bonds. The highest BCUT2D eigenvalue weighted by Crippen LogP contribution is 2.61. The maximum absolute atomic E-state index is 10.5. The van der Waals surface area contributed by atoms with Crippen LogP contribution in [0.5, 0.6) is 0 Å². The molecule has 0 aromatic rings. The van der Waals surface area contributed by atoms with Crippen LogP contribution in [0.15, 0.2) is 36.5 Å². The van der Waals surface area contributed by atoms with Gasteiger partial charge in [-0.05, 0) is 55.3 Å². The maximum atomic E-state index is 10.5. The number of aliphatic hydroxyl groups is 2. The van der Waals surface area contributed by atoms with Crippen LogP contribution >= 0.6 is 0 Å². The molecule has 0 aromatic carbocycles. The predicted molar refractivity (Wildman–Crippen MR) is 92.4 cm³/mol. The molecular formula is C20H32O2. The van der Waals surface area contributed by atoms with Crippen LogP contribution in [0.1, 0.15) is 53.4 Å². The number of fused-ring (bicyclic) bond motifs is 1. The van der Waals surface area contributed by atoms with Crippen molar-refractivity contribution in [1.29, 1.82) is 0 Å². The number of hydrogen-bond acceptors (Lipinski definition) is 2. The zero-order valence-corrected chi connectivity index (χ0v) is 14.6. The van der Waals surface area contributed by atoms with Gasteiger partial charge < -0.3 is 10.2 Å². The maximum Gasteiger partial charge on any atom is 0.0852 e. The average molecular weight is 304 g/mol. The topological polar surface area (TPSA) is 40.5 Å². The summed E-state index contributed by atoms with van der Waals surface area (Å²) in [6, 6.07) is 0. The highest BCUT2D eigenvalue weighted by Gasteiger charge is 2.58. The predicted octanol–water partition coefficient (Wildman–Crippen LogP) is 4.25. The summed E-state index contributed by atoms with van der Waals surface area (Å²) in [5.41, 5.74) is 2.22. The van der Waals surface area contributed by atoms with E-state index in [-0.39, 0.29) is 10.8 Å². The van der Waals surface area contributed by atoms with Crippen LogP contribution in [0, 0.1) is 22.7 Å². The van der Waals surface area contributed by atoms with Gasteiger partial charge in [0.1, 0.15) is 0 Å². The van der Waals surface area contributed by atoms with Crippen molar-refractivity contribution in [3.8, 4) is 0 Å². The monoisotopic (exact) mass is 304 g/mol. The van der Waals surface area contributed by atoms with Gasteiger partial charge >= 0.3 is 0 Å². The van der Waals surface area contributed by atoms with Crippen molar-refractivity contribution in [2.45, 2.75) is 65.6 Å². The lowest BCUT2D eigenvalue weighted by Gasteiger charge is -2.60.